The van der Waals surface area contributed by atoms with Crippen LogP contribution in [-0.4, -0.2) is 36.4 Å². The fourth-order valence-corrected chi connectivity index (χ4v) is 3.45. The number of ketones is 1. The van der Waals surface area contributed by atoms with Crippen molar-refractivity contribution in [3.63, 3.8) is 0 Å². The molecule has 0 radical (unpaired) electrons. The summed E-state index contributed by atoms with van der Waals surface area (Å²) in [5.74, 6) is -0.547. The van der Waals surface area contributed by atoms with Gasteiger partial charge in [0.05, 0.1) is 5.25 Å². The van der Waals surface area contributed by atoms with Gasteiger partial charge in [0.25, 0.3) is 0 Å². The maximum Gasteiger partial charge on any atom is 0.166 e. The summed E-state index contributed by atoms with van der Waals surface area (Å²) in [6, 6.07) is 0. The van der Waals surface area contributed by atoms with E-state index in [-0.39, 0.29) is 11.7 Å². The summed E-state index contributed by atoms with van der Waals surface area (Å²) in [5, 5.41) is 9.21. The fourth-order valence-electron chi connectivity index (χ4n) is 2.27. The smallest absolute Gasteiger partial charge is 0.166 e. The monoisotopic (exact) mass is 248 g/mol. The Balaban J connectivity index is 2.76. The first-order chi connectivity index (χ1) is 7.12. The van der Waals surface area contributed by atoms with E-state index in [0.29, 0.717) is 19.3 Å². The van der Waals surface area contributed by atoms with Crippen LogP contribution in [0.4, 0.5) is 0 Å². The molecule has 1 N–H and O–H groups in total. The lowest BCUT2D eigenvalue weighted by molar-refractivity contribution is -0.139. The molecular formula is C11H20O4S. The first-order valence-electron chi connectivity index (χ1n) is 5.58. The number of aliphatic hydroxyl groups is 1. The van der Waals surface area contributed by atoms with E-state index in [2.05, 4.69) is 0 Å². The molecule has 1 aliphatic rings. The molecular weight excluding hydrogens is 228 g/mol. The number of rotatable bonds is 3. The molecule has 1 rings (SSSR count). The van der Waals surface area contributed by atoms with Gasteiger partial charge < -0.3 is 5.11 Å². The van der Waals surface area contributed by atoms with E-state index in [9.17, 15) is 18.3 Å². The number of carbonyl (C=O) groups is 1. The van der Waals surface area contributed by atoms with Crippen LogP contribution in [0.1, 0.15) is 39.5 Å². The van der Waals surface area contributed by atoms with E-state index < -0.39 is 20.7 Å². The first kappa shape index (κ1) is 13.6. The Labute approximate surface area is 97.0 Å². The Hall–Kier alpha value is -0.420. The van der Waals surface area contributed by atoms with Gasteiger partial charge in [-0.2, -0.15) is 0 Å². The minimum absolute atomic E-state index is 0.235. The molecule has 1 saturated carbocycles. The molecule has 0 aromatic heterocycles. The van der Waals surface area contributed by atoms with E-state index in [4.69, 9.17) is 0 Å². The lowest BCUT2D eigenvalue weighted by Gasteiger charge is -2.30. The van der Waals surface area contributed by atoms with Crippen molar-refractivity contribution in [3.8, 4) is 0 Å². The van der Waals surface area contributed by atoms with Gasteiger partial charge >= 0.3 is 0 Å². The molecule has 0 bridgehead atoms. The second-order valence-electron chi connectivity index (χ2n) is 5.24. The molecule has 94 valence electrons. The highest BCUT2D eigenvalue weighted by molar-refractivity contribution is 7.91. The quantitative estimate of drug-likeness (QED) is 0.806. The van der Waals surface area contributed by atoms with Gasteiger partial charge in [0, 0.05) is 12.2 Å². The zero-order valence-electron chi connectivity index (χ0n) is 10.1. The van der Waals surface area contributed by atoms with Crippen molar-refractivity contribution < 1.29 is 18.3 Å². The third kappa shape index (κ3) is 3.28. The topological polar surface area (TPSA) is 71.4 Å². The zero-order chi connectivity index (χ0) is 12.6. The van der Waals surface area contributed by atoms with Crippen molar-refractivity contribution >= 4 is 15.6 Å². The van der Waals surface area contributed by atoms with Crippen LogP contribution in [0.15, 0.2) is 0 Å². The van der Waals surface area contributed by atoms with Crippen molar-refractivity contribution in [2.45, 2.75) is 50.4 Å². The average molecular weight is 248 g/mol. The Morgan fingerprint density at radius 3 is 2.31 bits per heavy atom. The van der Waals surface area contributed by atoms with Crippen LogP contribution in [0.25, 0.3) is 0 Å². The normalized spacial score (nSPS) is 27.8. The Kier molecular flexibility index (Phi) is 3.80. The SMILES string of the molecule is CC(C)(O)C(=O)C1CCCC(S(C)(=O)=O)C1. The average Bonchev–Trinajstić information content (AvgIpc) is 2.14. The number of sulfone groups is 1. The van der Waals surface area contributed by atoms with Gasteiger partial charge in [-0.15, -0.1) is 0 Å². The van der Waals surface area contributed by atoms with Crippen molar-refractivity contribution in [3.05, 3.63) is 0 Å². The Morgan fingerprint density at radius 2 is 1.88 bits per heavy atom. The van der Waals surface area contributed by atoms with E-state index in [1.807, 2.05) is 0 Å². The molecule has 0 aromatic rings. The second kappa shape index (κ2) is 4.45. The lowest BCUT2D eigenvalue weighted by atomic mass is 9.81. The summed E-state index contributed by atoms with van der Waals surface area (Å²) in [4.78, 5) is 11.8. The van der Waals surface area contributed by atoms with E-state index in [1.165, 1.54) is 20.1 Å². The van der Waals surface area contributed by atoms with Gasteiger partial charge in [-0.3, -0.25) is 4.79 Å². The predicted molar refractivity (Wildman–Crippen MR) is 61.9 cm³/mol. The molecule has 0 amide bonds. The van der Waals surface area contributed by atoms with Crippen LogP contribution in [-0.2, 0) is 14.6 Å². The fraction of sp³-hybridized carbons (Fsp3) is 0.909. The number of carbonyl (C=O) groups excluding carboxylic acids is 1. The summed E-state index contributed by atoms with van der Waals surface area (Å²) < 4.78 is 22.9. The van der Waals surface area contributed by atoms with Gasteiger partial charge in [0.1, 0.15) is 15.4 Å². The van der Waals surface area contributed by atoms with E-state index in [1.54, 1.807) is 0 Å². The summed E-state index contributed by atoms with van der Waals surface area (Å²) >= 11 is 0. The second-order valence-corrected chi connectivity index (χ2v) is 7.56. The first-order valence-corrected chi connectivity index (χ1v) is 7.53. The minimum Gasteiger partial charge on any atom is -0.383 e. The largest absolute Gasteiger partial charge is 0.383 e. The van der Waals surface area contributed by atoms with Crippen LogP contribution >= 0.6 is 0 Å². The van der Waals surface area contributed by atoms with E-state index >= 15 is 0 Å². The number of Topliss-reactive ketones (excluding diaryl/α,β-unsaturated/α-hetero) is 1. The molecule has 0 aliphatic heterocycles. The zero-order valence-corrected chi connectivity index (χ0v) is 10.9. The van der Waals surface area contributed by atoms with Crippen molar-refractivity contribution in [1.29, 1.82) is 0 Å². The van der Waals surface area contributed by atoms with Crippen LogP contribution in [0.2, 0.25) is 0 Å². The molecule has 16 heavy (non-hydrogen) atoms. The number of hydrogen-bond acceptors (Lipinski definition) is 4. The highest BCUT2D eigenvalue weighted by Crippen LogP contribution is 2.31. The summed E-state index contributed by atoms with van der Waals surface area (Å²) in [5.41, 5.74) is -1.36. The van der Waals surface area contributed by atoms with Crippen LogP contribution in [0.5, 0.6) is 0 Å². The van der Waals surface area contributed by atoms with Gasteiger partial charge in [-0.25, -0.2) is 8.42 Å². The standard InChI is InChI=1S/C11H20O4S/c1-11(2,13)10(12)8-5-4-6-9(7-8)16(3,14)15/h8-9,13H,4-7H2,1-3H3. The Bertz CT molecular complexity index is 364. The van der Waals surface area contributed by atoms with Crippen molar-refractivity contribution in [1.82, 2.24) is 0 Å². The maximum absolute atomic E-state index is 11.8. The van der Waals surface area contributed by atoms with Gasteiger partial charge in [0.2, 0.25) is 0 Å². The maximum atomic E-state index is 11.8. The van der Waals surface area contributed by atoms with Gasteiger partial charge in [-0.1, -0.05) is 6.42 Å². The van der Waals surface area contributed by atoms with Gasteiger partial charge in [-0.05, 0) is 33.1 Å². The van der Waals surface area contributed by atoms with Crippen molar-refractivity contribution in [2.24, 2.45) is 5.92 Å². The molecule has 0 heterocycles. The molecule has 2 unspecified atom stereocenters. The lowest BCUT2D eigenvalue weighted by Crippen LogP contribution is -2.40. The summed E-state index contributed by atoms with van der Waals surface area (Å²) in [6.07, 6.45) is 3.64. The molecule has 1 fully saturated rings. The minimum atomic E-state index is -3.07. The third-order valence-electron chi connectivity index (χ3n) is 3.21. The molecule has 5 heteroatoms. The van der Waals surface area contributed by atoms with E-state index in [0.717, 1.165) is 6.42 Å². The molecule has 0 aromatic carbocycles. The highest BCUT2D eigenvalue weighted by atomic mass is 32.2. The van der Waals surface area contributed by atoms with Gasteiger partial charge in [0.15, 0.2) is 5.78 Å². The molecule has 4 nitrogen and oxygen atoms in total. The number of hydrogen-bond donors (Lipinski definition) is 1. The molecule has 2 atom stereocenters. The van der Waals surface area contributed by atoms with Crippen LogP contribution in [0.3, 0.4) is 0 Å². The predicted octanol–water partition coefficient (Wildman–Crippen LogP) is 0.930. The van der Waals surface area contributed by atoms with Crippen LogP contribution in [0, 0.1) is 5.92 Å². The molecule has 0 saturated heterocycles. The molecule has 0 spiro atoms. The summed E-state index contributed by atoms with van der Waals surface area (Å²) in [6.45, 7) is 2.92. The Morgan fingerprint density at radius 1 is 1.31 bits per heavy atom. The van der Waals surface area contributed by atoms with Crippen molar-refractivity contribution in [2.75, 3.05) is 6.26 Å². The third-order valence-corrected chi connectivity index (χ3v) is 4.84. The summed E-state index contributed by atoms with van der Waals surface area (Å²) in [7, 11) is -3.07. The van der Waals surface area contributed by atoms with Crippen LogP contribution < -0.4 is 0 Å². The highest BCUT2D eigenvalue weighted by Gasteiger charge is 2.37. The molecule has 1 aliphatic carbocycles.